The van der Waals surface area contributed by atoms with Crippen LogP contribution in [0.15, 0.2) is 36.8 Å². The molecule has 3 N–H and O–H groups in total. The molecule has 1 aliphatic carbocycles. The van der Waals surface area contributed by atoms with E-state index in [9.17, 15) is 14.4 Å². The number of amides is 4. The summed E-state index contributed by atoms with van der Waals surface area (Å²) >= 11 is 0. The lowest BCUT2D eigenvalue weighted by Gasteiger charge is -2.46. The third-order valence-corrected chi connectivity index (χ3v) is 7.33. The maximum Gasteiger partial charge on any atom is 0.325 e. The molecule has 1 unspecified atom stereocenters. The number of nitrogens with one attached hydrogen (secondary N) is 1. The largest absolute Gasteiger partial charge is 0.384 e. The average Bonchev–Trinajstić information content (AvgIpc) is 2.90. The van der Waals surface area contributed by atoms with Gasteiger partial charge in [0.05, 0.1) is 5.92 Å². The van der Waals surface area contributed by atoms with E-state index in [1.165, 1.54) is 11.3 Å². The number of likely N-dealkylation sites (N-methyl/N-ethyl adjacent to an activating group) is 1. The number of nitrogens with two attached hydrogens (primary N) is 1. The van der Waals surface area contributed by atoms with E-state index in [1.807, 2.05) is 13.8 Å². The summed E-state index contributed by atoms with van der Waals surface area (Å²) in [4.78, 5) is 55.5. The molecule has 3 atom stereocenters. The Morgan fingerprint density at radius 2 is 1.86 bits per heavy atom. The molecule has 2 aromatic heterocycles. The van der Waals surface area contributed by atoms with Crippen LogP contribution >= 0.6 is 0 Å². The van der Waals surface area contributed by atoms with Crippen LogP contribution in [-0.4, -0.2) is 56.3 Å². The van der Waals surface area contributed by atoms with E-state index >= 15 is 0 Å². The van der Waals surface area contributed by atoms with Gasteiger partial charge in [0.15, 0.2) is 0 Å². The SMILES string of the molecule is CC[C@@H](NC(=O)N1C(=O)C(Cc2ccnc(N)c2)[C@H]1C(=O)N(CC)c1ncccn1)C1CCCCC1. The number of carbonyl (C=O) groups is 3. The number of nitrogen functional groups attached to an aromatic ring is 1. The van der Waals surface area contributed by atoms with Crippen LogP contribution in [0.3, 0.4) is 0 Å². The van der Waals surface area contributed by atoms with Gasteiger partial charge in [0.1, 0.15) is 11.9 Å². The van der Waals surface area contributed by atoms with Crippen LogP contribution in [-0.2, 0) is 16.0 Å². The molecule has 0 spiro atoms. The fourth-order valence-electron chi connectivity index (χ4n) is 5.44. The number of hydrogen-bond donors (Lipinski definition) is 2. The quantitative estimate of drug-likeness (QED) is 0.540. The van der Waals surface area contributed by atoms with Crippen molar-refractivity contribution in [2.45, 2.75) is 70.9 Å². The average molecular weight is 494 g/mol. The Hall–Kier alpha value is -3.56. The normalized spacial score (nSPS) is 20.9. The van der Waals surface area contributed by atoms with Crippen molar-refractivity contribution in [2.24, 2.45) is 11.8 Å². The Morgan fingerprint density at radius 3 is 2.50 bits per heavy atom. The fraction of sp³-hybridized carbons (Fsp3) is 0.538. The summed E-state index contributed by atoms with van der Waals surface area (Å²) in [6.45, 7) is 4.16. The second kappa shape index (κ2) is 11.5. The molecule has 1 aliphatic heterocycles. The van der Waals surface area contributed by atoms with Gasteiger partial charge in [0, 0.05) is 31.2 Å². The van der Waals surface area contributed by atoms with Gasteiger partial charge in [-0.3, -0.25) is 19.4 Å². The number of urea groups is 1. The first-order valence-electron chi connectivity index (χ1n) is 12.9. The molecule has 10 nitrogen and oxygen atoms in total. The highest BCUT2D eigenvalue weighted by atomic mass is 16.2. The standard InChI is InChI=1S/C26H35N7O3/c1-3-20(18-9-6-5-7-10-18)31-26(36)33-22(24(35)32(4-2)25-29-12-8-13-30-25)19(23(33)34)15-17-11-14-28-21(27)16-17/h8,11-14,16,18-20,22H,3-7,9-10,15H2,1-2H3,(H2,27,28)(H,31,36)/t19?,20-,22+/m1/s1. The number of hydrogen-bond acceptors (Lipinski definition) is 7. The number of pyridine rings is 1. The van der Waals surface area contributed by atoms with E-state index in [4.69, 9.17) is 5.73 Å². The summed E-state index contributed by atoms with van der Waals surface area (Å²) in [5, 5.41) is 3.08. The molecule has 1 saturated carbocycles. The van der Waals surface area contributed by atoms with Crippen LogP contribution in [0.25, 0.3) is 0 Å². The minimum atomic E-state index is -0.959. The van der Waals surface area contributed by atoms with E-state index < -0.39 is 18.0 Å². The molecule has 0 bridgehead atoms. The van der Waals surface area contributed by atoms with Gasteiger partial charge in [0.2, 0.25) is 11.9 Å². The molecule has 0 radical (unpaired) electrons. The highest BCUT2D eigenvalue weighted by Gasteiger charge is 2.56. The van der Waals surface area contributed by atoms with Crippen LogP contribution in [0.2, 0.25) is 0 Å². The molecule has 2 fully saturated rings. The second-order valence-corrected chi connectivity index (χ2v) is 9.55. The zero-order chi connectivity index (χ0) is 25.7. The molecule has 192 valence electrons. The number of rotatable bonds is 8. The van der Waals surface area contributed by atoms with Crippen LogP contribution in [0, 0.1) is 11.8 Å². The molecule has 3 heterocycles. The molecule has 0 aromatic carbocycles. The van der Waals surface area contributed by atoms with Gasteiger partial charge in [-0.1, -0.05) is 26.2 Å². The monoisotopic (exact) mass is 493 g/mol. The summed E-state index contributed by atoms with van der Waals surface area (Å²) in [5.74, 6) is -0.481. The van der Waals surface area contributed by atoms with Crippen molar-refractivity contribution >= 4 is 29.6 Å². The van der Waals surface area contributed by atoms with E-state index in [0.29, 0.717) is 18.3 Å². The number of carbonyl (C=O) groups excluding carboxylic acids is 3. The Labute approximate surface area is 211 Å². The van der Waals surface area contributed by atoms with Crippen molar-refractivity contribution in [3.63, 3.8) is 0 Å². The fourth-order valence-corrected chi connectivity index (χ4v) is 5.44. The van der Waals surface area contributed by atoms with Gasteiger partial charge >= 0.3 is 6.03 Å². The first-order chi connectivity index (χ1) is 17.4. The number of imide groups is 1. The Kier molecular flexibility index (Phi) is 8.12. The zero-order valence-corrected chi connectivity index (χ0v) is 21.0. The number of β-lactam (4-membered cyclic amide) rings is 1. The van der Waals surface area contributed by atoms with Crippen LogP contribution in [0.1, 0.15) is 57.9 Å². The van der Waals surface area contributed by atoms with Crippen molar-refractivity contribution in [3.05, 3.63) is 42.4 Å². The molecule has 10 heteroatoms. The molecular weight excluding hydrogens is 458 g/mol. The van der Waals surface area contributed by atoms with E-state index in [2.05, 4.69) is 20.3 Å². The maximum atomic E-state index is 13.8. The summed E-state index contributed by atoms with van der Waals surface area (Å²) in [7, 11) is 0. The smallest absolute Gasteiger partial charge is 0.325 e. The van der Waals surface area contributed by atoms with Gasteiger partial charge < -0.3 is 11.1 Å². The first-order valence-corrected chi connectivity index (χ1v) is 12.9. The third kappa shape index (κ3) is 5.32. The molecule has 1 saturated heterocycles. The van der Waals surface area contributed by atoms with Crippen molar-refractivity contribution < 1.29 is 14.4 Å². The summed E-state index contributed by atoms with van der Waals surface area (Å²) in [5.41, 5.74) is 6.61. The van der Waals surface area contributed by atoms with Crippen LogP contribution in [0.4, 0.5) is 16.6 Å². The summed E-state index contributed by atoms with van der Waals surface area (Å²) < 4.78 is 0. The molecule has 2 aromatic rings. The number of nitrogens with zero attached hydrogens (tertiary/aromatic N) is 5. The lowest BCUT2D eigenvalue weighted by atomic mass is 9.81. The van der Waals surface area contributed by atoms with Crippen LogP contribution in [0.5, 0.6) is 0 Å². The first kappa shape index (κ1) is 25.5. The van der Waals surface area contributed by atoms with Crippen molar-refractivity contribution in [3.8, 4) is 0 Å². The Morgan fingerprint density at radius 1 is 1.14 bits per heavy atom. The van der Waals surface area contributed by atoms with Gasteiger partial charge in [0.25, 0.3) is 5.91 Å². The molecule has 4 rings (SSSR count). The maximum absolute atomic E-state index is 13.8. The van der Waals surface area contributed by atoms with Gasteiger partial charge in [-0.05, 0) is 62.3 Å². The minimum absolute atomic E-state index is 0.0277. The Bertz CT molecular complexity index is 1070. The van der Waals surface area contributed by atoms with E-state index in [0.717, 1.165) is 42.6 Å². The highest BCUT2D eigenvalue weighted by molar-refractivity contribution is 6.12. The second-order valence-electron chi connectivity index (χ2n) is 9.55. The number of aromatic nitrogens is 3. The number of likely N-dealkylation sites (tertiary alicyclic amines) is 1. The summed E-state index contributed by atoms with van der Waals surface area (Å²) in [6, 6.07) is 3.63. The highest BCUT2D eigenvalue weighted by Crippen LogP contribution is 2.34. The van der Waals surface area contributed by atoms with Crippen molar-refractivity contribution in [1.82, 2.24) is 25.2 Å². The minimum Gasteiger partial charge on any atom is -0.384 e. The zero-order valence-electron chi connectivity index (χ0n) is 21.0. The predicted molar refractivity (Wildman–Crippen MR) is 136 cm³/mol. The predicted octanol–water partition coefficient (Wildman–Crippen LogP) is 2.94. The lowest BCUT2D eigenvalue weighted by molar-refractivity contribution is -0.156. The van der Waals surface area contributed by atoms with Crippen LogP contribution < -0.4 is 16.0 Å². The summed E-state index contributed by atoms with van der Waals surface area (Å²) in [6.07, 6.45) is 11.4. The molecule has 36 heavy (non-hydrogen) atoms. The van der Waals surface area contributed by atoms with Crippen molar-refractivity contribution in [2.75, 3.05) is 17.2 Å². The molecule has 4 amide bonds. The topological polar surface area (TPSA) is 134 Å². The van der Waals surface area contributed by atoms with Gasteiger partial charge in [-0.15, -0.1) is 0 Å². The number of anilines is 2. The lowest BCUT2D eigenvalue weighted by Crippen LogP contribution is -2.71. The van der Waals surface area contributed by atoms with Crippen molar-refractivity contribution in [1.29, 1.82) is 0 Å². The Balaban J connectivity index is 1.58. The molecule has 2 aliphatic rings. The third-order valence-electron chi connectivity index (χ3n) is 7.33. The van der Waals surface area contributed by atoms with Gasteiger partial charge in [-0.2, -0.15) is 0 Å². The molecular formula is C26H35N7O3. The van der Waals surface area contributed by atoms with E-state index in [1.54, 1.807) is 36.8 Å². The van der Waals surface area contributed by atoms with Gasteiger partial charge in [-0.25, -0.2) is 19.7 Å². The van der Waals surface area contributed by atoms with E-state index in [-0.39, 0.29) is 30.2 Å².